The lowest BCUT2D eigenvalue weighted by Crippen LogP contribution is -2.14. The summed E-state index contributed by atoms with van der Waals surface area (Å²) in [5, 5.41) is 4.20. The minimum absolute atomic E-state index is 0.244. The lowest BCUT2D eigenvalue weighted by atomic mass is 10.0. The molecule has 74 valence electrons. The third-order valence-electron chi connectivity index (χ3n) is 2.10. The Morgan fingerprint density at radius 2 is 2.23 bits per heavy atom. The molecule has 0 saturated heterocycles. The largest absolute Gasteiger partial charge is 0.368 e. The molecule has 1 aromatic heterocycles. The summed E-state index contributed by atoms with van der Waals surface area (Å²) in [5.74, 6) is 1.46. The number of aromatic nitrogens is 3. The molecule has 0 aliphatic heterocycles. The van der Waals surface area contributed by atoms with Crippen LogP contribution in [0.3, 0.4) is 0 Å². The molecular weight excluding hydrogens is 166 g/mol. The zero-order valence-corrected chi connectivity index (χ0v) is 8.20. The van der Waals surface area contributed by atoms with Crippen LogP contribution in [0.2, 0.25) is 0 Å². The molecule has 0 fully saturated rings. The molecule has 13 heavy (non-hydrogen) atoms. The van der Waals surface area contributed by atoms with Gasteiger partial charge in [0.25, 0.3) is 0 Å². The van der Waals surface area contributed by atoms with Crippen molar-refractivity contribution in [1.82, 2.24) is 14.8 Å². The summed E-state index contributed by atoms with van der Waals surface area (Å²) in [5.41, 5.74) is 11.2. The number of hydrogen-bond donors (Lipinski definition) is 2. The highest BCUT2D eigenvalue weighted by atomic mass is 15.4. The highest BCUT2D eigenvalue weighted by Crippen LogP contribution is 2.16. The van der Waals surface area contributed by atoms with Gasteiger partial charge < -0.3 is 11.5 Å². The third-order valence-corrected chi connectivity index (χ3v) is 2.10. The Balaban J connectivity index is 2.78. The van der Waals surface area contributed by atoms with Gasteiger partial charge in [-0.1, -0.05) is 13.3 Å². The summed E-state index contributed by atoms with van der Waals surface area (Å²) >= 11 is 0. The standard InChI is InChI=1S/C8H17N5/c1-3-4-6(5-9)7-11-8(10)13(2)12-7/h6H,3-5,9H2,1-2H3,(H2,10,11,12). The predicted molar refractivity (Wildman–Crippen MR) is 52.1 cm³/mol. The quantitative estimate of drug-likeness (QED) is 0.700. The van der Waals surface area contributed by atoms with Crippen LogP contribution in [0.4, 0.5) is 5.95 Å². The van der Waals surface area contributed by atoms with E-state index in [1.165, 1.54) is 0 Å². The topological polar surface area (TPSA) is 82.7 Å². The van der Waals surface area contributed by atoms with Crippen molar-refractivity contribution < 1.29 is 0 Å². The molecule has 0 amide bonds. The van der Waals surface area contributed by atoms with Gasteiger partial charge in [0.1, 0.15) is 0 Å². The molecule has 0 spiro atoms. The van der Waals surface area contributed by atoms with Gasteiger partial charge >= 0.3 is 0 Å². The highest BCUT2D eigenvalue weighted by Gasteiger charge is 2.14. The maximum atomic E-state index is 5.62. The molecule has 0 aromatic carbocycles. The maximum Gasteiger partial charge on any atom is 0.218 e. The first-order valence-electron chi connectivity index (χ1n) is 4.55. The monoisotopic (exact) mass is 183 g/mol. The van der Waals surface area contributed by atoms with Gasteiger partial charge in [0.2, 0.25) is 5.95 Å². The highest BCUT2D eigenvalue weighted by molar-refractivity contribution is 5.17. The smallest absolute Gasteiger partial charge is 0.218 e. The van der Waals surface area contributed by atoms with Crippen LogP contribution in [-0.2, 0) is 7.05 Å². The fraction of sp³-hybridized carbons (Fsp3) is 0.750. The summed E-state index contributed by atoms with van der Waals surface area (Å²) in [6, 6.07) is 0. The molecule has 5 heteroatoms. The van der Waals surface area contributed by atoms with Crippen molar-refractivity contribution in [3.8, 4) is 0 Å². The summed E-state index contributed by atoms with van der Waals surface area (Å²) in [6.07, 6.45) is 2.10. The van der Waals surface area contributed by atoms with Crippen molar-refractivity contribution in [2.75, 3.05) is 12.3 Å². The van der Waals surface area contributed by atoms with Gasteiger partial charge in [-0.3, -0.25) is 0 Å². The van der Waals surface area contributed by atoms with E-state index in [9.17, 15) is 0 Å². The Bertz CT molecular complexity index is 248. The van der Waals surface area contributed by atoms with E-state index >= 15 is 0 Å². The van der Waals surface area contributed by atoms with Crippen LogP contribution in [0.25, 0.3) is 0 Å². The number of hydrogen-bond acceptors (Lipinski definition) is 4. The first-order chi connectivity index (χ1) is 6.19. The number of nitrogen functional groups attached to an aromatic ring is 1. The van der Waals surface area contributed by atoms with E-state index in [1.807, 2.05) is 0 Å². The first-order valence-corrected chi connectivity index (χ1v) is 4.55. The summed E-state index contributed by atoms with van der Waals surface area (Å²) in [4.78, 5) is 4.15. The van der Waals surface area contributed by atoms with Crippen LogP contribution < -0.4 is 11.5 Å². The van der Waals surface area contributed by atoms with Gasteiger partial charge in [-0.25, -0.2) is 4.68 Å². The van der Waals surface area contributed by atoms with Crippen LogP contribution in [0, 0.1) is 0 Å². The van der Waals surface area contributed by atoms with Crippen LogP contribution in [0.5, 0.6) is 0 Å². The lowest BCUT2D eigenvalue weighted by Gasteiger charge is -2.07. The normalized spacial score (nSPS) is 13.2. The maximum absolute atomic E-state index is 5.62. The van der Waals surface area contributed by atoms with Crippen molar-refractivity contribution >= 4 is 5.95 Å². The van der Waals surface area contributed by atoms with Crippen molar-refractivity contribution in [1.29, 1.82) is 0 Å². The Morgan fingerprint density at radius 1 is 1.54 bits per heavy atom. The fourth-order valence-electron chi connectivity index (χ4n) is 1.29. The van der Waals surface area contributed by atoms with Crippen molar-refractivity contribution in [3.63, 3.8) is 0 Å². The van der Waals surface area contributed by atoms with Gasteiger partial charge in [-0.05, 0) is 6.42 Å². The summed E-state index contributed by atoms with van der Waals surface area (Å²) in [6.45, 7) is 2.70. The number of anilines is 1. The molecule has 0 saturated carbocycles. The molecule has 4 N–H and O–H groups in total. The fourth-order valence-corrected chi connectivity index (χ4v) is 1.29. The van der Waals surface area contributed by atoms with Gasteiger partial charge in [0.15, 0.2) is 5.82 Å². The van der Waals surface area contributed by atoms with Crippen LogP contribution >= 0.6 is 0 Å². The molecule has 1 atom stereocenters. The van der Waals surface area contributed by atoms with Gasteiger partial charge in [-0.15, -0.1) is 0 Å². The summed E-state index contributed by atoms with van der Waals surface area (Å²) in [7, 11) is 1.78. The first kappa shape index (κ1) is 9.98. The number of nitrogens with two attached hydrogens (primary N) is 2. The third kappa shape index (κ3) is 2.18. The zero-order chi connectivity index (χ0) is 9.84. The van der Waals surface area contributed by atoms with Crippen molar-refractivity contribution in [2.24, 2.45) is 12.8 Å². The second kappa shape index (κ2) is 4.23. The van der Waals surface area contributed by atoms with Crippen molar-refractivity contribution in [3.05, 3.63) is 5.82 Å². The molecular formula is C8H17N5. The molecule has 0 bridgehead atoms. The van der Waals surface area contributed by atoms with Gasteiger partial charge in [-0.2, -0.15) is 10.1 Å². The number of aryl methyl sites for hydroxylation is 1. The lowest BCUT2D eigenvalue weighted by molar-refractivity contribution is 0.581. The molecule has 0 radical (unpaired) electrons. The Labute approximate surface area is 78.1 Å². The van der Waals surface area contributed by atoms with Gasteiger partial charge in [0, 0.05) is 19.5 Å². The zero-order valence-electron chi connectivity index (χ0n) is 8.20. The molecule has 1 heterocycles. The second-order valence-corrected chi connectivity index (χ2v) is 3.17. The van der Waals surface area contributed by atoms with E-state index < -0.39 is 0 Å². The Morgan fingerprint density at radius 3 is 2.62 bits per heavy atom. The van der Waals surface area contributed by atoms with E-state index in [0.717, 1.165) is 18.7 Å². The van der Waals surface area contributed by atoms with Crippen molar-refractivity contribution in [2.45, 2.75) is 25.7 Å². The minimum Gasteiger partial charge on any atom is -0.368 e. The van der Waals surface area contributed by atoms with E-state index in [0.29, 0.717) is 12.5 Å². The van der Waals surface area contributed by atoms with E-state index in [4.69, 9.17) is 11.5 Å². The average molecular weight is 183 g/mol. The second-order valence-electron chi connectivity index (χ2n) is 3.17. The summed E-state index contributed by atoms with van der Waals surface area (Å²) < 4.78 is 1.58. The Hall–Kier alpha value is -1.10. The van der Waals surface area contributed by atoms with Crippen LogP contribution in [0.15, 0.2) is 0 Å². The molecule has 1 rings (SSSR count). The van der Waals surface area contributed by atoms with Crippen LogP contribution in [0.1, 0.15) is 31.5 Å². The van der Waals surface area contributed by atoms with Gasteiger partial charge in [0.05, 0.1) is 0 Å². The van der Waals surface area contributed by atoms with Crippen LogP contribution in [-0.4, -0.2) is 21.3 Å². The Kier molecular flexibility index (Phi) is 3.25. The molecule has 5 nitrogen and oxygen atoms in total. The minimum atomic E-state index is 0.244. The molecule has 1 unspecified atom stereocenters. The molecule has 0 aliphatic rings. The van der Waals surface area contributed by atoms with E-state index in [1.54, 1.807) is 11.7 Å². The SMILES string of the molecule is CCCC(CN)c1nc(N)n(C)n1. The van der Waals surface area contributed by atoms with E-state index in [-0.39, 0.29) is 5.92 Å². The molecule has 0 aliphatic carbocycles. The van der Waals surface area contributed by atoms with E-state index in [2.05, 4.69) is 17.0 Å². The number of nitrogens with zero attached hydrogens (tertiary/aromatic N) is 3. The number of rotatable bonds is 4. The predicted octanol–water partition coefficient (Wildman–Crippen LogP) is 0.240. The molecule has 1 aromatic rings. The average Bonchev–Trinajstić information content (AvgIpc) is 2.43.